The van der Waals surface area contributed by atoms with Gasteiger partial charge in [0.05, 0.1) is 11.2 Å². The Morgan fingerprint density at radius 2 is 1.74 bits per heavy atom. The minimum Gasteiger partial charge on any atom is -0.399 e. The van der Waals surface area contributed by atoms with Crippen LogP contribution in [0, 0.1) is 0 Å². The highest BCUT2D eigenvalue weighted by Gasteiger charge is 2.52. The van der Waals surface area contributed by atoms with E-state index in [0.717, 1.165) is 16.4 Å². The van der Waals surface area contributed by atoms with Crippen LogP contribution in [0.2, 0.25) is 5.02 Å². The fourth-order valence-electron chi connectivity index (χ4n) is 2.24. The van der Waals surface area contributed by atoms with Crippen LogP contribution in [-0.4, -0.2) is 23.3 Å². The quantitative estimate of drug-likeness (QED) is 0.813. The lowest BCUT2D eigenvalue weighted by atomic mass is 9.78. The number of fused-ring (bicyclic) bond motifs is 1. The van der Waals surface area contributed by atoms with E-state index in [9.17, 15) is 0 Å². The van der Waals surface area contributed by atoms with Gasteiger partial charge in [0.15, 0.2) is 0 Å². The van der Waals surface area contributed by atoms with E-state index in [1.165, 1.54) is 0 Å². The largest absolute Gasteiger partial charge is 0.496 e. The van der Waals surface area contributed by atoms with Crippen LogP contribution >= 0.6 is 11.6 Å². The van der Waals surface area contributed by atoms with Gasteiger partial charge in [-0.15, -0.1) is 0 Å². The summed E-state index contributed by atoms with van der Waals surface area (Å²) in [6.45, 7) is 8.14. The zero-order chi connectivity index (χ0) is 13.8. The number of halogens is 1. The minimum absolute atomic E-state index is 0.355. The number of benzene rings is 1. The summed E-state index contributed by atoms with van der Waals surface area (Å²) in [4.78, 5) is 3.18. The molecule has 0 atom stereocenters. The zero-order valence-electron chi connectivity index (χ0n) is 11.6. The number of hydrogen-bond donors (Lipinski definition) is 1. The molecule has 3 nitrogen and oxygen atoms in total. The summed E-state index contributed by atoms with van der Waals surface area (Å²) in [5.74, 6) is 0. The molecule has 1 aliphatic rings. The third-order valence-electron chi connectivity index (χ3n) is 4.18. The van der Waals surface area contributed by atoms with Crippen LogP contribution < -0.4 is 5.46 Å². The van der Waals surface area contributed by atoms with Crippen LogP contribution in [0.15, 0.2) is 24.4 Å². The molecule has 0 amide bonds. The molecule has 0 unspecified atom stereocenters. The molecule has 0 bridgehead atoms. The maximum Gasteiger partial charge on any atom is 0.496 e. The summed E-state index contributed by atoms with van der Waals surface area (Å²) < 4.78 is 12.1. The normalized spacial score (nSPS) is 21.2. The molecule has 1 saturated heterocycles. The van der Waals surface area contributed by atoms with E-state index >= 15 is 0 Å². The van der Waals surface area contributed by atoms with Gasteiger partial charge in [-0.25, -0.2) is 0 Å². The van der Waals surface area contributed by atoms with Gasteiger partial charge < -0.3 is 14.3 Å². The highest BCUT2D eigenvalue weighted by molar-refractivity contribution is 6.66. The van der Waals surface area contributed by atoms with Crippen molar-refractivity contribution in [2.75, 3.05) is 0 Å². The smallest absolute Gasteiger partial charge is 0.399 e. The van der Waals surface area contributed by atoms with Crippen molar-refractivity contribution in [1.82, 2.24) is 4.98 Å². The minimum atomic E-state index is -0.426. The molecule has 1 aliphatic heterocycles. The third kappa shape index (κ3) is 1.99. The highest BCUT2D eigenvalue weighted by Crippen LogP contribution is 2.37. The van der Waals surface area contributed by atoms with Crippen LogP contribution in [-0.2, 0) is 9.31 Å². The number of H-pyrrole nitrogens is 1. The highest BCUT2D eigenvalue weighted by atomic mass is 35.5. The molecule has 100 valence electrons. The predicted molar refractivity (Wildman–Crippen MR) is 79.0 cm³/mol. The van der Waals surface area contributed by atoms with E-state index in [4.69, 9.17) is 20.9 Å². The molecule has 0 spiro atoms. The molecule has 2 heterocycles. The molecule has 2 aromatic rings. The van der Waals surface area contributed by atoms with Crippen molar-refractivity contribution in [2.45, 2.75) is 38.9 Å². The average Bonchev–Trinajstić information content (AvgIpc) is 2.80. The van der Waals surface area contributed by atoms with Crippen molar-refractivity contribution in [1.29, 1.82) is 0 Å². The predicted octanol–water partition coefficient (Wildman–Crippen LogP) is 3.12. The first-order valence-corrected chi connectivity index (χ1v) is 6.80. The fourth-order valence-corrected chi connectivity index (χ4v) is 2.50. The lowest BCUT2D eigenvalue weighted by molar-refractivity contribution is 0.00578. The van der Waals surface area contributed by atoms with Crippen molar-refractivity contribution in [3.63, 3.8) is 0 Å². The molecule has 0 saturated carbocycles. The number of nitrogens with one attached hydrogen (secondary N) is 1. The summed E-state index contributed by atoms with van der Waals surface area (Å²) >= 11 is 6.35. The summed E-state index contributed by atoms with van der Waals surface area (Å²) in [6, 6.07) is 5.93. The fraction of sp³-hybridized carbons (Fsp3) is 0.429. The Hall–Kier alpha value is -0.965. The van der Waals surface area contributed by atoms with E-state index in [2.05, 4.69) is 4.98 Å². The first kappa shape index (κ1) is 13.0. The topological polar surface area (TPSA) is 34.2 Å². The summed E-state index contributed by atoms with van der Waals surface area (Å²) in [5.41, 5.74) is 1.20. The van der Waals surface area contributed by atoms with E-state index in [0.29, 0.717) is 5.02 Å². The molecule has 1 aromatic carbocycles. The molecule has 1 N–H and O–H groups in total. The maximum atomic E-state index is 6.35. The van der Waals surface area contributed by atoms with Gasteiger partial charge in [0, 0.05) is 27.6 Å². The van der Waals surface area contributed by atoms with Gasteiger partial charge in [0.2, 0.25) is 0 Å². The van der Waals surface area contributed by atoms with Crippen LogP contribution in [0.4, 0.5) is 0 Å². The molecule has 1 fully saturated rings. The van der Waals surface area contributed by atoms with Gasteiger partial charge in [-0.05, 0) is 45.9 Å². The maximum absolute atomic E-state index is 6.35. The van der Waals surface area contributed by atoms with Crippen molar-refractivity contribution >= 4 is 35.1 Å². The van der Waals surface area contributed by atoms with Crippen LogP contribution in [0.3, 0.4) is 0 Å². The number of rotatable bonds is 1. The summed E-state index contributed by atoms with van der Waals surface area (Å²) in [6.07, 6.45) is 1.90. The second kappa shape index (κ2) is 4.01. The summed E-state index contributed by atoms with van der Waals surface area (Å²) in [7, 11) is -0.426. The SMILES string of the molecule is CC1(C)OB(c2cc3[nH]ccc3cc2Cl)OC1(C)C. The Labute approximate surface area is 118 Å². The molecule has 1 aromatic heterocycles. The molecular formula is C14H17BClNO2. The van der Waals surface area contributed by atoms with E-state index < -0.39 is 7.12 Å². The van der Waals surface area contributed by atoms with E-state index in [-0.39, 0.29) is 11.2 Å². The molecule has 0 aliphatic carbocycles. The van der Waals surface area contributed by atoms with E-state index in [1.807, 2.05) is 52.1 Å². The van der Waals surface area contributed by atoms with E-state index in [1.54, 1.807) is 0 Å². The lowest BCUT2D eigenvalue weighted by Gasteiger charge is -2.32. The van der Waals surface area contributed by atoms with Gasteiger partial charge in [0.25, 0.3) is 0 Å². The Morgan fingerprint density at radius 1 is 1.11 bits per heavy atom. The van der Waals surface area contributed by atoms with Gasteiger partial charge in [-0.1, -0.05) is 11.6 Å². The van der Waals surface area contributed by atoms with Crippen LogP contribution in [0.1, 0.15) is 27.7 Å². The lowest BCUT2D eigenvalue weighted by Crippen LogP contribution is -2.41. The van der Waals surface area contributed by atoms with Crippen LogP contribution in [0.5, 0.6) is 0 Å². The van der Waals surface area contributed by atoms with Gasteiger partial charge >= 0.3 is 7.12 Å². The molecular weight excluding hydrogens is 260 g/mol. The van der Waals surface area contributed by atoms with Crippen molar-refractivity contribution < 1.29 is 9.31 Å². The molecule has 19 heavy (non-hydrogen) atoms. The number of aromatic nitrogens is 1. The average molecular weight is 278 g/mol. The molecule has 0 radical (unpaired) electrons. The summed E-state index contributed by atoms with van der Waals surface area (Å²) in [5, 5.41) is 1.76. The zero-order valence-corrected chi connectivity index (χ0v) is 12.3. The van der Waals surface area contributed by atoms with Crippen LogP contribution in [0.25, 0.3) is 10.9 Å². The number of hydrogen-bond acceptors (Lipinski definition) is 2. The van der Waals surface area contributed by atoms with Gasteiger partial charge in [-0.2, -0.15) is 0 Å². The standard InChI is InChI=1S/C14H17BClNO2/c1-13(2)14(3,4)19-15(18-13)10-8-12-9(5-6-17-12)7-11(10)16/h5-8,17H,1-4H3. The first-order chi connectivity index (χ1) is 8.80. The van der Waals surface area contributed by atoms with Gasteiger partial charge in [0.1, 0.15) is 0 Å². The first-order valence-electron chi connectivity index (χ1n) is 6.42. The third-order valence-corrected chi connectivity index (χ3v) is 4.51. The van der Waals surface area contributed by atoms with Crippen molar-refractivity contribution in [3.8, 4) is 0 Å². The van der Waals surface area contributed by atoms with Crippen molar-refractivity contribution in [3.05, 3.63) is 29.4 Å². The number of aromatic amines is 1. The second-order valence-electron chi connectivity index (χ2n) is 6.03. The Morgan fingerprint density at radius 3 is 2.37 bits per heavy atom. The molecule has 5 heteroatoms. The monoisotopic (exact) mass is 277 g/mol. The van der Waals surface area contributed by atoms with Gasteiger partial charge in [-0.3, -0.25) is 0 Å². The Kier molecular flexibility index (Phi) is 2.75. The Bertz CT molecular complexity index is 619. The second-order valence-corrected chi connectivity index (χ2v) is 6.43. The van der Waals surface area contributed by atoms with Crippen molar-refractivity contribution in [2.24, 2.45) is 0 Å². The molecule has 3 rings (SSSR count). The Balaban J connectivity index is 2.04.